The van der Waals surface area contributed by atoms with Gasteiger partial charge in [0.15, 0.2) is 13.2 Å². The second-order valence-corrected chi connectivity index (χ2v) is 5.90. The predicted octanol–water partition coefficient (Wildman–Crippen LogP) is 4.00. The average Bonchev–Trinajstić information content (AvgIpc) is 2.56. The Labute approximate surface area is 153 Å². The van der Waals surface area contributed by atoms with E-state index >= 15 is 0 Å². The summed E-state index contributed by atoms with van der Waals surface area (Å²) in [5, 5.41) is 2.83. The molecule has 0 saturated carbocycles. The molecule has 0 fully saturated rings. The fourth-order valence-electron chi connectivity index (χ4n) is 1.82. The number of esters is 1. The number of carbonyl (C=O) groups is 2. The van der Waals surface area contributed by atoms with E-state index in [1.807, 2.05) is 6.92 Å². The standard InChI is InChI=1S/C17H14Cl2FNO4/c1-10-2-4-12(19)15(6-10)24-9-17(23)25-8-16(22)21-14-5-3-11(18)7-13(14)20/h2-7H,8-9H2,1H3,(H,21,22). The normalized spacial score (nSPS) is 10.2. The zero-order valence-electron chi connectivity index (χ0n) is 13.1. The molecule has 0 bridgehead atoms. The van der Waals surface area contributed by atoms with Crippen LogP contribution in [0, 0.1) is 12.7 Å². The fraction of sp³-hybridized carbons (Fsp3) is 0.176. The van der Waals surface area contributed by atoms with Crippen molar-refractivity contribution in [2.24, 2.45) is 0 Å². The van der Waals surface area contributed by atoms with Gasteiger partial charge in [-0.05, 0) is 42.8 Å². The van der Waals surface area contributed by atoms with Gasteiger partial charge in [0, 0.05) is 5.02 Å². The number of nitrogens with one attached hydrogen (secondary N) is 1. The van der Waals surface area contributed by atoms with Gasteiger partial charge in [0.1, 0.15) is 11.6 Å². The van der Waals surface area contributed by atoms with E-state index in [9.17, 15) is 14.0 Å². The molecule has 5 nitrogen and oxygen atoms in total. The van der Waals surface area contributed by atoms with Gasteiger partial charge in [-0.25, -0.2) is 9.18 Å². The van der Waals surface area contributed by atoms with E-state index < -0.39 is 30.9 Å². The molecule has 1 N–H and O–H groups in total. The number of amides is 1. The highest BCUT2D eigenvalue weighted by atomic mass is 35.5. The first kappa shape index (κ1) is 19.0. The molecule has 0 aliphatic heterocycles. The van der Waals surface area contributed by atoms with Crippen LogP contribution in [0.3, 0.4) is 0 Å². The number of rotatable bonds is 6. The monoisotopic (exact) mass is 385 g/mol. The lowest BCUT2D eigenvalue weighted by molar-refractivity contribution is -0.149. The number of carbonyl (C=O) groups excluding carboxylic acids is 2. The van der Waals surface area contributed by atoms with Crippen LogP contribution in [0.4, 0.5) is 10.1 Å². The lowest BCUT2D eigenvalue weighted by Gasteiger charge is -2.10. The van der Waals surface area contributed by atoms with Crippen molar-refractivity contribution in [3.63, 3.8) is 0 Å². The Kier molecular flexibility index (Phi) is 6.61. The second kappa shape index (κ2) is 8.69. The van der Waals surface area contributed by atoms with Crippen LogP contribution in [0.25, 0.3) is 0 Å². The van der Waals surface area contributed by atoms with E-state index in [4.69, 9.17) is 32.7 Å². The van der Waals surface area contributed by atoms with E-state index in [0.717, 1.165) is 11.6 Å². The molecular weight excluding hydrogens is 372 g/mol. The Morgan fingerprint density at radius 2 is 1.88 bits per heavy atom. The highest BCUT2D eigenvalue weighted by molar-refractivity contribution is 6.32. The third-order valence-corrected chi connectivity index (χ3v) is 3.55. The summed E-state index contributed by atoms with van der Waals surface area (Å²) in [6.07, 6.45) is 0. The van der Waals surface area contributed by atoms with Crippen molar-refractivity contribution in [1.29, 1.82) is 0 Å². The van der Waals surface area contributed by atoms with Crippen molar-refractivity contribution in [3.05, 3.63) is 57.8 Å². The minimum Gasteiger partial charge on any atom is -0.480 e. The van der Waals surface area contributed by atoms with Gasteiger partial charge in [0.2, 0.25) is 0 Å². The van der Waals surface area contributed by atoms with E-state index in [0.29, 0.717) is 10.8 Å². The molecule has 0 saturated heterocycles. The van der Waals surface area contributed by atoms with Crippen LogP contribution in [0.1, 0.15) is 5.56 Å². The number of halogens is 3. The lowest BCUT2D eigenvalue weighted by atomic mass is 10.2. The van der Waals surface area contributed by atoms with Crippen LogP contribution in [0.2, 0.25) is 10.0 Å². The quantitative estimate of drug-likeness (QED) is 0.763. The van der Waals surface area contributed by atoms with E-state index in [2.05, 4.69) is 5.32 Å². The predicted molar refractivity (Wildman–Crippen MR) is 92.7 cm³/mol. The van der Waals surface area contributed by atoms with Crippen LogP contribution < -0.4 is 10.1 Å². The van der Waals surface area contributed by atoms with Crippen LogP contribution in [-0.4, -0.2) is 25.1 Å². The van der Waals surface area contributed by atoms with Crippen LogP contribution in [-0.2, 0) is 14.3 Å². The molecule has 0 radical (unpaired) electrons. The number of hydrogen-bond acceptors (Lipinski definition) is 4. The summed E-state index contributed by atoms with van der Waals surface area (Å²) in [6, 6.07) is 8.90. The molecule has 0 unspecified atom stereocenters. The Morgan fingerprint density at radius 3 is 2.60 bits per heavy atom. The van der Waals surface area contributed by atoms with Crippen LogP contribution in [0.5, 0.6) is 5.75 Å². The highest BCUT2D eigenvalue weighted by Crippen LogP contribution is 2.25. The van der Waals surface area contributed by atoms with E-state index in [-0.39, 0.29) is 10.7 Å². The Bertz CT molecular complexity index is 798. The van der Waals surface area contributed by atoms with Gasteiger partial charge in [0.05, 0.1) is 10.7 Å². The minimum atomic E-state index is -0.760. The SMILES string of the molecule is Cc1ccc(Cl)c(OCC(=O)OCC(=O)Nc2ccc(Cl)cc2F)c1. The molecule has 1 amide bonds. The third kappa shape index (κ3) is 5.92. The maximum atomic E-state index is 13.5. The molecule has 2 rings (SSSR count). The molecule has 2 aromatic rings. The largest absolute Gasteiger partial charge is 0.480 e. The van der Waals surface area contributed by atoms with Gasteiger partial charge in [-0.15, -0.1) is 0 Å². The molecule has 0 atom stereocenters. The molecule has 0 aliphatic carbocycles. The van der Waals surface area contributed by atoms with Gasteiger partial charge in [-0.2, -0.15) is 0 Å². The fourth-order valence-corrected chi connectivity index (χ4v) is 2.15. The molecule has 132 valence electrons. The molecule has 2 aromatic carbocycles. The van der Waals surface area contributed by atoms with E-state index in [1.165, 1.54) is 12.1 Å². The van der Waals surface area contributed by atoms with Crippen molar-refractivity contribution < 1.29 is 23.5 Å². The smallest absolute Gasteiger partial charge is 0.344 e. The second-order valence-electron chi connectivity index (χ2n) is 5.06. The number of anilines is 1. The summed E-state index contributed by atoms with van der Waals surface area (Å²) >= 11 is 11.6. The maximum Gasteiger partial charge on any atom is 0.344 e. The molecule has 0 spiro atoms. The van der Waals surface area contributed by atoms with E-state index in [1.54, 1.807) is 18.2 Å². The molecule has 0 aliphatic rings. The number of hydrogen-bond donors (Lipinski definition) is 1. The van der Waals surface area contributed by atoms with Crippen molar-refractivity contribution in [3.8, 4) is 5.75 Å². The topological polar surface area (TPSA) is 64.6 Å². The number of ether oxygens (including phenoxy) is 2. The summed E-state index contributed by atoms with van der Waals surface area (Å²) in [5.74, 6) is -1.80. The van der Waals surface area contributed by atoms with Crippen LogP contribution in [0.15, 0.2) is 36.4 Å². The average molecular weight is 386 g/mol. The Morgan fingerprint density at radius 1 is 1.12 bits per heavy atom. The zero-order valence-corrected chi connectivity index (χ0v) is 14.7. The molecule has 8 heteroatoms. The van der Waals surface area contributed by atoms with Gasteiger partial charge in [0.25, 0.3) is 5.91 Å². The lowest BCUT2D eigenvalue weighted by Crippen LogP contribution is -2.24. The van der Waals surface area contributed by atoms with Gasteiger partial charge in [-0.3, -0.25) is 4.79 Å². The Hall–Kier alpha value is -2.31. The van der Waals surface area contributed by atoms with Gasteiger partial charge >= 0.3 is 5.97 Å². The first-order valence-electron chi connectivity index (χ1n) is 7.14. The minimum absolute atomic E-state index is 0.0618. The van der Waals surface area contributed by atoms with Crippen molar-refractivity contribution in [2.45, 2.75) is 6.92 Å². The molecular formula is C17H14Cl2FNO4. The highest BCUT2D eigenvalue weighted by Gasteiger charge is 2.12. The summed E-state index contributed by atoms with van der Waals surface area (Å²) in [4.78, 5) is 23.3. The first-order valence-corrected chi connectivity index (χ1v) is 7.90. The molecule has 0 heterocycles. The number of aryl methyl sites for hydroxylation is 1. The first-order chi connectivity index (χ1) is 11.8. The van der Waals surface area contributed by atoms with Crippen molar-refractivity contribution in [1.82, 2.24) is 0 Å². The zero-order chi connectivity index (χ0) is 18.4. The third-order valence-electron chi connectivity index (χ3n) is 3.00. The van der Waals surface area contributed by atoms with Gasteiger partial charge in [-0.1, -0.05) is 29.3 Å². The summed E-state index contributed by atoms with van der Waals surface area (Å²) in [6.45, 7) is 0.860. The Balaban J connectivity index is 1.79. The maximum absolute atomic E-state index is 13.5. The van der Waals surface area contributed by atoms with Crippen molar-refractivity contribution >= 4 is 40.8 Å². The van der Waals surface area contributed by atoms with Crippen molar-refractivity contribution in [2.75, 3.05) is 18.5 Å². The molecule has 25 heavy (non-hydrogen) atoms. The summed E-state index contributed by atoms with van der Waals surface area (Å²) in [5.41, 5.74) is 0.852. The van der Waals surface area contributed by atoms with Crippen LogP contribution >= 0.6 is 23.2 Å². The van der Waals surface area contributed by atoms with Gasteiger partial charge < -0.3 is 14.8 Å². The summed E-state index contributed by atoms with van der Waals surface area (Å²) < 4.78 is 23.6. The summed E-state index contributed by atoms with van der Waals surface area (Å²) in [7, 11) is 0. The molecule has 0 aromatic heterocycles. The number of benzene rings is 2.